The van der Waals surface area contributed by atoms with Gasteiger partial charge >= 0.3 is 0 Å². The Kier molecular flexibility index (Phi) is 19.0. The fourth-order valence-electron chi connectivity index (χ4n) is 9.20. The van der Waals surface area contributed by atoms with Gasteiger partial charge in [-0.1, -0.05) is 82.2 Å². The van der Waals surface area contributed by atoms with Crippen molar-refractivity contribution in [2.24, 2.45) is 29.0 Å². The standard InChI is InChI=1S/C50H70N14O9/c1-5-27(3)42(52)49(72)57-35-18-19-41(66)54-20-12-11-17-34(44(53)67)56-46(69)36(21-30-24-55-33-16-10-9-15-32(30)33)59-48(71)39-22-31(64-26-38(61-62-64)29-13-7-8-14-29)25-63(39)50(73)43(28(4)6-2)60-47(70)37(23-40(51)65)58-45(35)68/h7,9-10,13-16,24,26-28,31,34-37,39,42-43,55H,5-6,8,11-12,17-23,25,52H2,1-4H3,(H2,51,65)(H2,53,67)(H,54,66)(H,56,69)(H,57,72)(H,58,68)(H,59,71)(H,60,70)/t27-,28-,31-,34-,35-,36-,37-,39-,42-,43-/m0/s1. The number of nitrogens with two attached hydrogens (primary N) is 3. The number of aromatic nitrogens is 4. The first-order valence-corrected chi connectivity index (χ1v) is 25.1. The smallest absolute Gasteiger partial charge is 0.246 e. The molecule has 13 N–H and O–H groups in total. The van der Waals surface area contributed by atoms with Crippen molar-refractivity contribution in [1.29, 1.82) is 0 Å². The summed E-state index contributed by atoms with van der Waals surface area (Å²) in [7, 11) is 0. The number of amides is 9. The predicted molar refractivity (Wildman–Crippen MR) is 269 cm³/mol. The highest BCUT2D eigenvalue weighted by molar-refractivity contribution is 5.99. The monoisotopic (exact) mass is 1010 g/mol. The normalized spacial score (nSPS) is 25.5. The van der Waals surface area contributed by atoms with E-state index in [1.54, 1.807) is 37.8 Å². The molecule has 1 aromatic carbocycles. The quantitative estimate of drug-likeness (QED) is 0.106. The zero-order valence-corrected chi connectivity index (χ0v) is 41.9. The lowest BCUT2D eigenvalue weighted by atomic mass is 9.96. The Morgan fingerprint density at radius 3 is 2.33 bits per heavy atom. The number of hydrogen-bond acceptors (Lipinski definition) is 12. The van der Waals surface area contributed by atoms with E-state index >= 15 is 4.79 Å². The summed E-state index contributed by atoms with van der Waals surface area (Å²) in [4.78, 5) is 129. The number of carbonyl (C=O) groups excluding carboxylic acids is 9. The summed E-state index contributed by atoms with van der Waals surface area (Å²) in [6.45, 7) is 7.16. The molecule has 0 saturated carbocycles. The van der Waals surface area contributed by atoms with E-state index in [2.05, 4.69) is 47.2 Å². The molecule has 23 heteroatoms. The van der Waals surface area contributed by atoms with Crippen LogP contribution in [0.2, 0.25) is 0 Å². The van der Waals surface area contributed by atoms with E-state index in [1.165, 1.54) is 4.90 Å². The van der Waals surface area contributed by atoms with Crippen LogP contribution < -0.4 is 49.1 Å². The Labute approximate surface area is 423 Å². The highest BCUT2D eigenvalue weighted by Gasteiger charge is 2.46. The molecule has 2 aliphatic heterocycles. The number of primary amides is 2. The second kappa shape index (κ2) is 25.3. The van der Waals surface area contributed by atoms with E-state index < -0.39 is 114 Å². The molecule has 2 aromatic heterocycles. The Bertz CT molecular complexity index is 2590. The highest BCUT2D eigenvalue weighted by Crippen LogP contribution is 2.31. The maximum atomic E-state index is 15.2. The first-order valence-electron chi connectivity index (χ1n) is 25.1. The average molecular weight is 1010 g/mol. The van der Waals surface area contributed by atoms with Crippen molar-refractivity contribution in [2.75, 3.05) is 13.1 Å². The second-order valence-corrected chi connectivity index (χ2v) is 19.3. The van der Waals surface area contributed by atoms with Crippen molar-refractivity contribution in [2.45, 2.75) is 147 Å². The number of rotatable bonds is 13. The molecule has 3 aliphatic rings. The lowest BCUT2D eigenvalue weighted by molar-refractivity contribution is -0.144. The van der Waals surface area contributed by atoms with E-state index in [0.29, 0.717) is 36.9 Å². The van der Waals surface area contributed by atoms with E-state index in [1.807, 2.05) is 49.4 Å². The van der Waals surface area contributed by atoms with Gasteiger partial charge in [-0.3, -0.25) is 43.2 Å². The van der Waals surface area contributed by atoms with Crippen LogP contribution in [0, 0.1) is 11.8 Å². The average Bonchev–Trinajstić information content (AvgIpc) is 4.22. The van der Waals surface area contributed by atoms with Gasteiger partial charge in [0.05, 0.1) is 24.7 Å². The molecule has 73 heavy (non-hydrogen) atoms. The molecular weight excluding hydrogens is 941 g/mol. The Morgan fingerprint density at radius 2 is 1.63 bits per heavy atom. The zero-order valence-electron chi connectivity index (χ0n) is 41.9. The molecule has 2 fully saturated rings. The number of carbonyl (C=O) groups is 9. The van der Waals surface area contributed by atoms with Gasteiger partial charge < -0.3 is 59.0 Å². The van der Waals surface area contributed by atoms with Crippen LogP contribution in [-0.2, 0) is 49.6 Å². The summed E-state index contributed by atoms with van der Waals surface area (Å²) < 4.78 is 1.57. The van der Waals surface area contributed by atoms with Crippen molar-refractivity contribution in [1.82, 2.24) is 56.8 Å². The zero-order chi connectivity index (χ0) is 52.9. The first kappa shape index (κ1) is 54.9. The summed E-state index contributed by atoms with van der Waals surface area (Å²) in [6.07, 6.45) is 10.4. The number of nitrogens with zero attached hydrogens (tertiary/aromatic N) is 4. The molecule has 4 heterocycles. The van der Waals surface area contributed by atoms with Crippen molar-refractivity contribution in [3.8, 4) is 0 Å². The van der Waals surface area contributed by atoms with Gasteiger partial charge in [0.25, 0.3) is 0 Å². The third-order valence-electron chi connectivity index (χ3n) is 14.1. The number of H-pyrrole nitrogens is 1. The molecule has 0 bridgehead atoms. The largest absolute Gasteiger partial charge is 0.370 e. The van der Waals surface area contributed by atoms with Gasteiger partial charge in [-0.2, -0.15) is 0 Å². The molecule has 1 aliphatic carbocycles. The number of para-hydroxylation sites is 1. The van der Waals surface area contributed by atoms with E-state index in [4.69, 9.17) is 17.2 Å². The van der Waals surface area contributed by atoms with Gasteiger partial charge in [0.1, 0.15) is 41.9 Å². The molecule has 3 aromatic rings. The molecule has 10 atom stereocenters. The van der Waals surface area contributed by atoms with Crippen molar-refractivity contribution in [3.63, 3.8) is 0 Å². The first-order chi connectivity index (χ1) is 34.9. The maximum absolute atomic E-state index is 15.2. The summed E-state index contributed by atoms with van der Waals surface area (Å²) in [6, 6.07) is -2.36. The number of nitrogens with one attached hydrogen (secondary N) is 7. The van der Waals surface area contributed by atoms with Crippen LogP contribution in [0.25, 0.3) is 16.5 Å². The third-order valence-corrected chi connectivity index (χ3v) is 14.1. The minimum Gasteiger partial charge on any atom is -0.370 e. The number of hydrogen-bond donors (Lipinski definition) is 10. The predicted octanol–water partition coefficient (Wildman–Crippen LogP) is -0.228. The molecule has 9 amide bonds. The van der Waals surface area contributed by atoms with Gasteiger partial charge in [0, 0.05) is 49.5 Å². The summed E-state index contributed by atoms with van der Waals surface area (Å²) in [5, 5.41) is 25.7. The summed E-state index contributed by atoms with van der Waals surface area (Å²) >= 11 is 0. The SMILES string of the molecule is CC[C@H](C)[C@H](N)C(=O)N[C@H]1CCC(=O)NCCCC[C@@H](C(N)=O)NC(=O)[C@H](Cc2c[nH]c3ccccc23)NC(=O)[C@@H]2C[C@H](n3cc(C4=CCC=C4)nn3)CN2C(=O)[C@H]([C@@H](C)CC)NC(=O)[C@H](CC(N)=O)NC1=O. The van der Waals surface area contributed by atoms with Crippen LogP contribution in [0.15, 0.2) is 54.9 Å². The van der Waals surface area contributed by atoms with Gasteiger partial charge in [-0.05, 0) is 61.1 Å². The van der Waals surface area contributed by atoms with Crippen LogP contribution in [0.5, 0.6) is 0 Å². The molecule has 0 unspecified atom stereocenters. The topological polar surface area (TPSA) is 354 Å². The number of aromatic amines is 1. The van der Waals surface area contributed by atoms with Gasteiger partial charge in [0.15, 0.2) is 0 Å². The Morgan fingerprint density at radius 1 is 0.890 bits per heavy atom. The van der Waals surface area contributed by atoms with Crippen LogP contribution in [0.4, 0.5) is 0 Å². The summed E-state index contributed by atoms with van der Waals surface area (Å²) in [5.74, 6) is -7.84. The third kappa shape index (κ3) is 14.2. The second-order valence-electron chi connectivity index (χ2n) is 19.3. The Balaban J connectivity index is 1.38. The van der Waals surface area contributed by atoms with E-state index in [9.17, 15) is 38.4 Å². The van der Waals surface area contributed by atoms with Crippen LogP contribution in [0.1, 0.15) is 109 Å². The van der Waals surface area contributed by atoms with E-state index in [0.717, 1.165) is 22.9 Å². The van der Waals surface area contributed by atoms with Crippen molar-refractivity contribution in [3.05, 3.63) is 66.1 Å². The molecular formula is C50H70N14O9. The highest BCUT2D eigenvalue weighted by atomic mass is 16.2. The van der Waals surface area contributed by atoms with Gasteiger partial charge in [-0.25, -0.2) is 4.68 Å². The lowest BCUT2D eigenvalue weighted by Crippen LogP contribution is -2.61. The van der Waals surface area contributed by atoms with Crippen LogP contribution in [0.3, 0.4) is 0 Å². The van der Waals surface area contributed by atoms with Gasteiger partial charge in [-0.15, -0.1) is 5.10 Å². The van der Waals surface area contributed by atoms with Gasteiger partial charge in [0.2, 0.25) is 53.2 Å². The van der Waals surface area contributed by atoms with Crippen LogP contribution in [-0.4, -0.2) is 133 Å². The van der Waals surface area contributed by atoms with Crippen molar-refractivity contribution >= 4 is 69.6 Å². The van der Waals surface area contributed by atoms with E-state index in [-0.39, 0.29) is 51.1 Å². The molecule has 0 radical (unpaired) electrons. The molecule has 6 rings (SSSR count). The number of benzene rings is 1. The number of allylic oxidation sites excluding steroid dienone is 4. The molecule has 0 spiro atoms. The summed E-state index contributed by atoms with van der Waals surface area (Å²) in [5.41, 5.74) is 20.5. The molecule has 2 saturated heterocycles. The maximum Gasteiger partial charge on any atom is 0.246 e. The molecule has 394 valence electrons. The van der Waals surface area contributed by atoms with Crippen molar-refractivity contribution < 1.29 is 43.2 Å². The lowest BCUT2D eigenvalue weighted by Gasteiger charge is -2.33. The number of fused-ring (bicyclic) bond motifs is 2. The minimum atomic E-state index is -1.66. The molecule has 23 nitrogen and oxygen atoms in total. The fraction of sp³-hybridized carbons (Fsp3) is 0.540. The fourth-order valence-corrected chi connectivity index (χ4v) is 9.20. The Hall–Kier alpha value is -7.43. The minimum absolute atomic E-state index is 0.00641. The van der Waals surface area contributed by atoms with Crippen LogP contribution >= 0.6 is 0 Å².